The number of nitrogens with zero attached hydrogens (tertiary/aromatic N) is 1. The van der Waals surface area contributed by atoms with Gasteiger partial charge in [0.25, 0.3) is 0 Å². The Labute approximate surface area is 141 Å². The van der Waals surface area contributed by atoms with Crippen molar-refractivity contribution in [1.82, 2.24) is 0 Å². The number of hydrogen-bond acceptors (Lipinski definition) is 4. The highest BCUT2D eigenvalue weighted by Crippen LogP contribution is 2.37. The summed E-state index contributed by atoms with van der Waals surface area (Å²) in [6.07, 6.45) is 4.53. The number of benzene rings is 1. The van der Waals surface area contributed by atoms with Crippen LogP contribution in [0.4, 0.5) is 5.69 Å². The second-order valence-corrected chi connectivity index (χ2v) is 6.26. The minimum absolute atomic E-state index is 0.145. The topological polar surface area (TPSA) is 83.9 Å². The molecule has 0 aliphatic heterocycles. The van der Waals surface area contributed by atoms with E-state index in [4.69, 9.17) is 9.84 Å². The highest BCUT2D eigenvalue weighted by molar-refractivity contribution is 6.37. The molecule has 0 unspecified atom stereocenters. The number of esters is 1. The highest BCUT2D eigenvalue weighted by atomic mass is 16.5. The van der Waals surface area contributed by atoms with Gasteiger partial charge in [0.1, 0.15) is 0 Å². The zero-order valence-electron chi connectivity index (χ0n) is 14.0. The number of carboxylic acid groups (broad SMARTS) is 1. The van der Waals surface area contributed by atoms with Gasteiger partial charge in [0.05, 0.1) is 7.11 Å². The molecule has 0 spiro atoms. The molecule has 1 amide bonds. The van der Waals surface area contributed by atoms with Crippen molar-refractivity contribution in [3.05, 3.63) is 29.8 Å². The largest absolute Gasteiger partial charge is 0.474 e. The first kappa shape index (κ1) is 18.0. The van der Waals surface area contributed by atoms with E-state index in [0.29, 0.717) is 23.9 Å². The first-order valence-corrected chi connectivity index (χ1v) is 8.10. The van der Waals surface area contributed by atoms with Crippen molar-refractivity contribution < 1.29 is 24.2 Å². The fourth-order valence-corrected chi connectivity index (χ4v) is 3.25. The number of carboxylic acids is 1. The first-order valence-electron chi connectivity index (χ1n) is 8.10. The fourth-order valence-electron chi connectivity index (χ4n) is 3.25. The van der Waals surface area contributed by atoms with Gasteiger partial charge in [-0.2, -0.15) is 0 Å². The summed E-state index contributed by atoms with van der Waals surface area (Å²) in [5.74, 6) is -1.73. The Hall–Kier alpha value is -2.37. The number of carbonyl (C=O) groups excluding carboxylic acids is 2. The Morgan fingerprint density at radius 3 is 2.21 bits per heavy atom. The van der Waals surface area contributed by atoms with Crippen molar-refractivity contribution in [2.45, 2.75) is 38.0 Å². The van der Waals surface area contributed by atoms with Gasteiger partial charge >= 0.3 is 17.8 Å². The van der Waals surface area contributed by atoms with E-state index in [1.165, 1.54) is 19.7 Å². The van der Waals surface area contributed by atoms with E-state index < -0.39 is 11.9 Å². The molecule has 1 fully saturated rings. The van der Waals surface area contributed by atoms with Gasteiger partial charge in [-0.15, -0.1) is 0 Å². The van der Waals surface area contributed by atoms with E-state index in [9.17, 15) is 14.4 Å². The maximum atomic E-state index is 11.5. The molecule has 0 atom stereocenters. The van der Waals surface area contributed by atoms with Crippen molar-refractivity contribution in [2.75, 3.05) is 19.1 Å². The molecule has 130 valence electrons. The van der Waals surface area contributed by atoms with Gasteiger partial charge < -0.3 is 14.7 Å². The van der Waals surface area contributed by atoms with E-state index in [1.54, 1.807) is 12.1 Å². The lowest BCUT2D eigenvalue weighted by molar-refractivity contribution is -0.148. The number of amides is 1. The SMILES string of the molecule is COC(=O)C[C@H]1CC[C@H](c2ccc(N(C)C(=O)C(=O)O)cc2)CC1. The summed E-state index contributed by atoms with van der Waals surface area (Å²) in [7, 11) is 2.87. The van der Waals surface area contributed by atoms with Crippen LogP contribution in [0.15, 0.2) is 24.3 Å². The second kappa shape index (κ2) is 7.95. The minimum atomic E-state index is -1.47. The Balaban J connectivity index is 1.94. The molecule has 0 radical (unpaired) electrons. The van der Waals surface area contributed by atoms with Gasteiger partial charge in [-0.1, -0.05) is 12.1 Å². The standard InChI is InChI=1S/C18H23NO5/c1-19(17(21)18(22)23)15-9-7-14(8-10-15)13-5-3-12(4-6-13)11-16(20)24-2/h7-10,12-13H,3-6,11H2,1-2H3,(H,22,23)/t12-,13-. The van der Waals surface area contributed by atoms with Crippen molar-refractivity contribution in [2.24, 2.45) is 5.92 Å². The molecule has 1 aromatic rings. The third-order valence-electron chi connectivity index (χ3n) is 4.77. The molecular weight excluding hydrogens is 310 g/mol. The number of likely N-dealkylation sites (N-methyl/N-ethyl adjacent to an activating group) is 1. The summed E-state index contributed by atoms with van der Waals surface area (Å²) in [5.41, 5.74) is 1.75. The third kappa shape index (κ3) is 4.34. The van der Waals surface area contributed by atoms with Crippen molar-refractivity contribution in [1.29, 1.82) is 0 Å². The van der Waals surface area contributed by atoms with Crippen LogP contribution in [0, 0.1) is 5.92 Å². The van der Waals surface area contributed by atoms with Crippen LogP contribution < -0.4 is 4.90 Å². The molecule has 0 heterocycles. The second-order valence-electron chi connectivity index (χ2n) is 6.26. The van der Waals surface area contributed by atoms with Crippen molar-refractivity contribution >= 4 is 23.5 Å². The maximum absolute atomic E-state index is 11.5. The quantitative estimate of drug-likeness (QED) is 0.676. The van der Waals surface area contributed by atoms with Crippen LogP contribution in [0.25, 0.3) is 0 Å². The number of aliphatic carboxylic acids is 1. The Kier molecular flexibility index (Phi) is 5.95. The number of anilines is 1. The molecule has 0 bridgehead atoms. The summed E-state index contributed by atoms with van der Waals surface area (Å²) in [6, 6.07) is 7.45. The van der Waals surface area contributed by atoms with Gasteiger partial charge in [0, 0.05) is 19.2 Å². The average Bonchev–Trinajstić information content (AvgIpc) is 2.61. The lowest BCUT2D eigenvalue weighted by Gasteiger charge is -2.28. The van der Waals surface area contributed by atoms with E-state index in [1.807, 2.05) is 12.1 Å². The Morgan fingerprint density at radius 2 is 1.71 bits per heavy atom. The smallest absolute Gasteiger partial charge is 0.394 e. The first-order chi connectivity index (χ1) is 11.4. The van der Waals surface area contributed by atoms with E-state index >= 15 is 0 Å². The van der Waals surface area contributed by atoms with E-state index in [0.717, 1.165) is 30.6 Å². The molecule has 0 saturated heterocycles. The van der Waals surface area contributed by atoms with Gasteiger partial charge in [-0.05, 0) is 55.2 Å². The molecule has 1 aliphatic rings. The van der Waals surface area contributed by atoms with Gasteiger partial charge in [-0.3, -0.25) is 9.59 Å². The maximum Gasteiger partial charge on any atom is 0.394 e. The van der Waals surface area contributed by atoms with Crippen LogP contribution in [-0.2, 0) is 19.1 Å². The monoisotopic (exact) mass is 333 g/mol. The Bertz CT molecular complexity index is 602. The lowest BCUT2D eigenvalue weighted by Crippen LogP contribution is -2.32. The molecule has 1 aliphatic carbocycles. The van der Waals surface area contributed by atoms with Crippen LogP contribution in [0.1, 0.15) is 43.6 Å². The molecule has 6 heteroatoms. The number of ether oxygens (including phenoxy) is 1. The fraction of sp³-hybridized carbons (Fsp3) is 0.500. The van der Waals surface area contributed by atoms with E-state index in [-0.39, 0.29) is 5.97 Å². The lowest BCUT2D eigenvalue weighted by atomic mass is 9.77. The molecule has 1 N–H and O–H groups in total. The molecular formula is C18H23NO5. The van der Waals surface area contributed by atoms with Gasteiger partial charge in [0.2, 0.25) is 0 Å². The number of methoxy groups -OCH3 is 1. The van der Waals surface area contributed by atoms with E-state index in [2.05, 4.69) is 0 Å². The third-order valence-corrected chi connectivity index (χ3v) is 4.77. The molecule has 1 aromatic carbocycles. The molecule has 6 nitrogen and oxygen atoms in total. The molecule has 24 heavy (non-hydrogen) atoms. The van der Waals surface area contributed by atoms with Crippen LogP contribution in [0.5, 0.6) is 0 Å². The summed E-state index contributed by atoms with van der Waals surface area (Å²) in [6.45, 7) is 0. The predicted molar refractivity (Wildman–Crippen MR) is 88.8 cm³/mol. The van der Waals surface area contributed by atoms with Crippen LogP contribution in [0.2, 0.25) is 0 Å². The highest BCUT2D eigenvalue weighted by Gasteiger charge is 2.25. The zero-order chi connectivity index (χ0) is 17.7. The summed E-state index contributed by atoms with van der Waals surface area (Å²) < 4.78 is 4.72. The summed E-state index contributed by atoms with van der Waals surface area (Å²) >= 11 is 0. The molecule has 0 aromatic heterocycles. The van der Waals surface area contributed by atoms with Crippen LogP contribution in [0.3, 0.4) is 0 Å². The van der Waals surface area contributed by atoms with Gasteiger partial charge in [0.15, 0.2) is 0 Å². The number of hydrogen-bond donors (Lipinski definition) is 1. The van der Waals surface area contributed by atoms with Crippen molar-refractivity contribution in [3.8, 4) is 0 Å². The molecule has 1 saturated carbocycles. The van der Waals surface area contributed by atoms with Crippen LogP contribution in [-0.4, -0.2) is 37.1 Å². The summed E-state index contributed by atoms with van der Waals surface area (Å²) in [5, 5.41) is 8.75. The predicted octanol–water partition coefficient (Wildman–Crippen LogP) is 2.57. The zero-order valence-corrected chi connectivity index (χ0v) is 14.0. The van der Waals surface area contributed by atoms with Crippen molar-refractivity contribution in [3.63, 3.8) is 0 Å². The number of rotatable bonds is 4. The Morgan fingerprint density at radius 1 is 1.12 bits per heavy atom. The normalized spacial score (nSPS) is 20.2. The average molecular weight is 333 g/mol. The molecule has 2 rings (SSSR count). The summed E-state index contributed by atoms with van der Waals surface area (Å²) in [4.78, 5) is 34.7. The minimum Gasteiger partial charge on any atom is -0.474 e. The van der Waals surface area contributed by atoms with Crippen LogP contribution >= 0.6 is 0 Å². The number of carbonyl (C=O) groups is 3. The van der Waals surface area contributed by atoms with Gasteiger partial charge in [-0.25, -0.2) is 4.79 Å².